The average Bonchev–Trinajstić information content (AvgIpc) is 3.34. The van der Waals surface area contributed by atoms with Crippen molar-refractivity contribution >= 4 is 29.2 Å². The third-order valence-corrected chi connectivity index (χ3v) is 7.23. The van der Waals surface area contributed by atoms with Gasteiger partial charge in [-0.2, -0.15) is 5.26 Å². The van der Waals surface area contributed by atoms with Crippen molar-refractivity contribution < 1.29 is 0 Å². The first-order valence-corrected chi connectivity index (χ1v) is 11.3. The number of tetrazole rings is 1. The van der Waals surface area contributed by atoms with Gasteiger partial charge in [0.15, 0.2) is 5.82 Å². The van der Waals surface area contributed by atoms with E-state index in [1.165, 1.54) is 28.9 Å². The first-order valence-electron chi connectivity index (χ1n) is 9.27. The molecule has 29 heavy (non-hydrogen) atoms. The largest absolute Gasteiger partial charge is 0.347 e. The lowest BCUT2D eigenvalue weighted by Gasteiger charge is -2.28. The van der Waals surface area contributed by atoms with Crippen molar-refractivity contribution in [1.29, 1.82) is 5.26 Å². The summed E-state index contributed by atoms with van der Waals surface area (Å²) in [6.07, 6.45) is 6.17. The van der Waals surface area contributed by atoms with Crippen LogP contribution < -0.4 is 0 Å². The van der Waals surface area contributed by atoms with Crippen molar-refractivity contribution in [3.05, 3.63) is 71.2 Å². The number of nitrogens with zero attached hydrogens (tertiary/aromatic N) is 7. The zero-order chi connectivity index (χ0) is 19.6. The third kappa shape index (κ3) is 3.86. The van der Waals surface area contributed by atoms with Gasteiger partial charge in [-0.3, -0.25) is 4.98 Å². The molecule has 0 bridgehead atoms. The number of hydrogen-bond acceptors (Lipinski definition) is 8. The highest BCUT2D eigenvalue weighted by molar-refractivity contribution is 8.18. The molecule has 0 amide bonds. The molecule has 0 radical (unpaired) electrons. The molecule has 1 unspecified atom stereocenters. The van der Waals surface area contributed by atoms with E-state index in [-0.39, 0.29) is 0 Å². The summed E-state index contributed by atoms with van der Waals surface area (Å²) in [4.78, 5) is 8.14. The van der Waals surface area contributed by atoms with E-state index >= 15 is 0 Å². The highest BCUT2D eigenvalue weighted by Gasteiger charge is 2.39. The van der Waals surface area contributed by atoms with Crippen LogP contribution in [0, 0.1) is 11.3 Å². The van der Waals surface area contributed by atoms with Crippen LogP contribution in [0.1, 0.15) is 29.8 Å². The summed E-state index contributed by atoms with van der Waals surface area (Å²) in [6.45, 7) is 0. The average molecular weight is 420 g/mol. The minimum Gasteiger partial charge on any atom is -0.347 e. The molecule has 1 aromatic carbocycles. The molecule has 144 valence electrons. The standard InChI is InChI=1S/C20H17N7S2/c21-11-14-2-1-3-17(10-14)27-24-19(23-25-27)13-29-20-26(16-4-5-16)18(12-28-20)15-6-8-22-9-7-15/h1-3,6-10,12,16,20H,4-5,13H2. The van der Waals surface area contributed by atoms with E-state index in [0.717, 1.165) is 5.69 Å². The molecule has 3 heterocycles. The second-order valence-electron chi connectivity index (χ2n) is 6.79. The molecule has 3 aromatic rings. The van der Waals surface area contributed by atoms with Crippen molar-refractivity contribution in [2.45, 2.75) is 29.3 Å². The fraction of sp³-hybridized carbons (Fsp3) is 0.250. The summed E-state index contributed by atoms with van der Waals surface area (Å²) in [5.41, 5.74) is 3.81. The minimum atomic E-state index is 0.305. The van der Waals surface area contributed by atoms with E-state index in [0.29, 0.717) is 27.9 Å². The molecule has 1 fully saturated rings. The molecule has 7 nitrogen and oxygen atoms in total. The Hall–Kier alpha value is -2.83. The maximum atomic E-state index is 9.06. The number of thioether (sulfide) groups is 2. The quantitative estimate of drug-likeness (QED) is 0.599. The van der Waals surface area contributed by atoms with E-state index in [1.807, 2.05) is 48.1 Å². The molecule has 0 spiro atoms. The lowest BCUT2D eigenvalue weighted by Crippen LogP contribution is -2.27. The Morgan fingerprint density at radius 2 is 2.07 bits per heavy atom. The summed E-state index contributed by atoms with van der Waals surface area (Å²) in [6, 6.07) is 14.1. The Bertz CT molecular complexity index is 1090. The SMILES string of the molecule is N#Cc1cccc(-n2nnc(CSC3SC=C(c4ccncc4)N3C3CC3)n2)c1. The van der Waals surface area contributed by atoms with Gasteiger partial charge in [0.1, 0.15) is 4.71 Å². The fourth-order valence-electron chi connectivity index (χ4n) is 3.20. The van der Waals surface area contributed by atoms with Crippen LogP contribution in [0.15, 0.2) is 54.2 Å². The van der Waals surface area contributed by atoms with Gasteiger partial charge >= 0.3 is 0 Å². The van der Waals surface area contributed by atoms with Crippen LogP contribution in [-0.4, -0.2) is 40.8 Å². The topological polar surface area (TPSA) is 83.5 Å². The Labute approximate surface area is 176 Å². The van der Waals surface area contributed by atoms with Crippen LogP contribution in [-0.2, 0) is 5.75 Å². The maximum absolute atomic E-state index is 9.06. The maximum Gasteiger partial charge on any atom is 0.185 e. The van der Waals surface area contributed by atoms with Crippen molar-refractivity contribution in [1.82, 2.24) is 30.1 Å². The molecular weight excluding hydrogens is 402 g/mol. The van der Waals surface area contributed by atoms with Crippen molar-refractivity contribution in [3.8, 4) is 11.8 Å². The molecule has 0 N–H and O–H groups in total. The van der Waals surface area contributed by atoms with Gasteiger partial charge in [-0.15, -0.1) is 26.8 Å². The van der Waals surface area contributed by atoms with Crippen molar-refractivity contribution in [3.63, 3.8) is 0 Å². The molecular formula is C20H17N7S2. The van der Waals surface area contributed by atoms with Gasteiger partial charge in [-0.05, 0) is 53.8 Å². The zero-order valence-electron chi connectivity index (χ0n) is 15.4. The normalized spacial score (nSPS) is 18.5. The summed E-state index contributed by atoms with van der Waals surface area (Å²) in [5, 5.41) is 24.2. The molecule has 0 saturated heterocycles. The van der Waals surface area contributed by atoms with E-state index in [9.17, 15) is 0 Å². The number of pyridine rings is 1. The monoisotopic (exact) mass is 419 g/mol. The summed E-state index contributed by atoms with van der Waals surface area (Å²) in [7, 11) is 0. The Balaban J connectivity index is 1.27. The van der Waals surface area contributed by atoms with Gasteiger partial charge in [0.05, 0.1) is 28.8 Å². The summed E-state index contributed by atoms with van der Waals surface area (Å²) >= 11 is 3.66. The smallest absolute Gasteiger partial charge is 0.185 e. The molecule has 1 atom stereocenters. The second kappa shape index (κ2) is 7.89. The molecule has 5 rings (SSSR count). The first-order chi connectivity index (χ1) is 14.3. The Morgan fingerprint density at radius 1 is 1.21 bits per heavy atom. The van der Waals surface area contributed by atoms with Crippen LogP contribution >= 0.6 is 23.5 Å². The molecule has 1 aliphatic carbocycles. The molecule has 1 saturated carbocycles. The Kier molecular flexibility index (Phi) is 4.96. The van der Waals surface area contributed by atoms with E-state index < -0.39 is 0 Å². The second-order valence-corrected chi connectivity index (χ2v) is 9.11. The van der Waals surface area contributed by atoms with Crippen molar-refractivity contribution in [2.75, 3.05) is 0 Å². The fourth-order valence-corrected chi connectivity index (χ4v) is 5.66. The van der Waals surface area contributed by atoms with Crippen molar-refractivity contribution in [2.24, 2.45) is 0 Å². The predicted octanol–water partition coefficient (Wildman–Crippen LogP) is 3.66. The predicted molar refractivity (Wildman–Crippen MR) is 114 cm³/mol. The third-order valence-electron chi connectivity index (χ3n) is 4.73. The van der Waals surface area contributed by atoms with Crippen LogP contribution in [0.4, 0.5) is 0 Å². The van der Waals surface area contributed by atoms with Gasteiger partial charge in [0.2, 0.25) is 0 Å². The number of benzene rings is 1. The van der Waals surface area contributed by atoms with Gasteiger partial charge in [-0.25, -0.2) is 0 Å². The highest BCUT2D eigenvalue weighted by Crippen LogP contribution is 2.48. The lowest BCUT2D eigenvalue weighted by molar-refractivity contribution is 0.437. The van der Waals surface area contributed by atoms with Crippen LogP contribution in [0.3, 0.4) is 0 Å². The number of aromatic nitrogens is 5. The van der Waals surface area contributed by atoms with Gasteiger partial charge in [0, 0.05) is 24.0 Å². The summed E-state index contributed by atoms with van der Waals surface area (Å²) < 4.78 is 0.305. The number of hydrogen-bond donors (Lipinski definition) is 0. The zero-order valence-corrected chi connectivity index (χ0v) is 17.1. The molecule has 9 heteroatoms. The lowest BCUT2D eigenvalue weighted by atomic mass is 10.2. The van der Waals surface area contributed by atoms with E-state index in [1.54, 1.807) is 12.1 Å². The van der Waals surface area contributed by atoms with E-state index in [2.05, 4.69) is 48.9 Å². The highest BCUT2D eigenvalue weighted by atomic mass is 32.2. The molecule has 1 aliphatic heterocycles. The summed E-state index contributed by atoms with van der Waals surface area (Å²) in [5.74, 6) is 1.36. The Morgan fingerprint density at radius 3 is 2.86 bits per heavy atom. The van der Waals surface area contributed by atoms with Gasteiger partial charge < -0.3 is 4.90 Å². The molecule has 2 aliphatic rings. The number of rotatable bonds is 6. The minimum absolute atomic E-state index is 0.305. The molecule has 2 aromatic heterocycles. The van der Waals surface area contributed by atoms with Gasteiger partial charge in [0.25, 0.3) is 0 Å². The van der Waals surface area contributed by atoms with Crippen LogP contribution in [0.2, 0.25) is 0 Å². The van der Waals surface area contributed by atoms with Crippen LogP contribution in [0.25, 0.3) is 11.4 Å². The van der Waals surface area contributed by atoms with E-state index in [4.69, 9.17) is 5.26 Å². The van der Waals surface area contributed by atoms with Gasteiger partial charge in [-0.1, -0.05) is 17.8 Å². The van der Waals surface area contributed by atoms with Crippen LogP contribution in [0.5, 0.6) is 0 Å². The first kappa shape index (κ1) is 18.2. The number of nitriles is 1.